The molecule has 4 bridgehead atoms. The van der Waals surface area contributed by atoms with Gasteiger partial charge in [-0.05, 0) is 81.6 Å². The Morgan fingerprint density at radius 1 is 1.10 bits per heavy atom. The van der Waals surface area contributed by atoms with E-state index in [2.05, 4.69) is 5.32 Å². The van der Waals surface area contributed by atoms with Gasteiger partial charge in [0.15, 0.2) is 0 Å². The molecule has 0 atom stereocenters. The zero-order chi connectivity index (χ0) is 14.0. The van der Waals surface area contributed by atoms with Crippen molar-refractivity contribution >= 4 is 5.97 Å². The van der Waals surface area contributed by atoms with E-state index in [1.165, 1.54) is 44.9 Å². The molecular formula is C17H29NO2. The Morgan fingerprint density at radius 3 is 2.25 bits per heavy atom. The summed E-state index contributed by atoms with van der Waals surface area (Å²) in [6.45, 7) is 4.20. The molecular weight excluding hydrogens is 250 g/mol. The van der Waals surface area contributed by atoms with Crippen LogP contribution in [-0.2, 0) is 9.53 Å². The normalized spacial score (nSPS) is 38.1. The highest BCUT2D eigenvalue weighted by Gasteiger charge is 2.50. The van der Waals surface area contributed by atoms with E-state index >= 15 is 0 Å². The minimum atomic E-state index is -0.0743. The van der Waals surface area contributed by atoms with Crippen molar-refractivity contribution in [1.82, 2.24) is 5.32 Å². The third-order valence-electron chi connectivity index (χ3n) is 5.81. The first-order chi connectivity index (χ1) is 9.69. The van der Waals surface area contributed by atoms with Crippen LogP contribution in [0.1, 0.15) is 58.3 Å². The molecule has 0 radical (unpaired) electrons. The van der Waals surface area contributed by atoms with E-state index in [-0.39, 0.29) is 5.97 Å². The van der Waals surface area contributed by atoms with Gasteiger partial charge in [0.1, 0.15) is 0 Å². The summed E-state index contributed by atoms with van der Waals surface area (Å²) >= 11 is 0. The fraction of sp³-hybridized carbons (Fsp3) is 0.941. The van der Waals surface area contributed by atoms with E-state index in [9.17, 15) is 4.79 Å². The van der Waals surface area contributed by atoms with E-state index in [0.717, 1.165) is 30.8 Å². The van der Waals surface area contributed by atoms with Crippen molar-refractivity contribution in [1.29, 1.82) is 0 Å². The van der Waals surface area contributed by atoms with Gasteiger partial charge in [-0.3, -0.25) is 4.79 Å². The fourth-order valence-electron chi connectivity index (χ4n) is 5.50. The van der Waals surface area contributed by atoms with Crippen molar-refractivity contribution in [3.05, 3.63) is 0 Å². The van der Waals surface area contributed by atoms with Crippen molar-refractivity contribution in [3.63, 3.8) is 0 Å². The van der Waals surface area contributed by atoms with E-state index in [4.69, 9.17) is 4.74 Å². The Kier molecular flexibility index (Phi) is 4.34. The minimum absolute atomic E-state index is 0.0743. The molecule has 1 N–H and O–H groups in total. The maximum absolute atomic E-state index is 11.3. The molecule has 0 aromatic carbocycles. The Hall–Kier alpha value is -0.570. The molecule has 0 unspecified atom stereocenters. The van der Waals surface area contributed by atoms with Crippen LogP contribution in [0.4, 0.5) is 0 Å². The van der Waals surface area contributed by atoms with Crippen LogP contribution in [0.5, 0.6) is 0 Å². The molecule has 0 heterocycles. The van der Waals surface area contributed by atoms with Gasteiger partial charge in [-0.15, -0.1) is 0 Å². The molecule has 3 nitrogen and oxygen atoms in total. The number of esters is 1. The first-order valence-electron chi connectivity index (χ1n) is 8.55. The quantitative estimate of drug-likeness (QED) is 0.575. The molecule has 0 aromatic heterocycles. The second-order valence-electron chi connectivity index (χ2n) is 7.47. The minimum Gasteiger partial charge on any atom is -0.466 e. The highest BCUT2D eigenvalue weighted by molar-refractivity contribution is 5.69. The molecule has 0 saturated heterocycles. The van der Waals surface area contributed by atoms with Gasteiger partial charge < -0.3 is 10.1 Å². The van der Waals surface area contributed by atoms with E-state index < -0.39 is 0 Å². The first kappa shape index (κ1) is 14.4. The SMILES string of the molecule is CCOC(=O)CCNCCC12CC3CC(CC(C3)C1)C2. The molecule has 4 rings (SSSR count). The molecule has 4 saturated carbocycles. The molecule has 20 heavy (non-hydrogen) atoms. The van der Waals surface area contributed by atoms with E-state index in [1.54, 1.807) is 0 Å². The van der Waals surface area contributed by atoms with Crippen LogP contribution in [0.25, 0.3) is 0 Å². The smallest absolute Gasteiger partial charge is 0.307 e. The lowest BCUT2D eigenvalue weighted by Gasteiger charge is -2.57. The van der Waals surface area contributed by atoms with Crippen LogP contribution in [0.2, 0.25) is 0 Å². The van der Waals surface area contributed by atoms with Gasteiger partial charge in [-0.25, -0.2) is 0 Å². The summed E-state index contributed by atoms with van der Waals surface area (Å²) in [5.74, 6) is 3.05. The summed E-state index contributed by atoms with van der Waals surface area (Å²) < 4.78 is 4.94. The lowest BCUT2D eigenvalue weighted by atomic mass is 9.49. The zero-order valence-corrected chi connectivity index (χ0v) is 12.8. The predicted octanol–water partition coefficient (Wildman–Crippen LogP) is 3.14. The third-order valence-corrected chi connectivity index (χ3v) is 5.81. The summed E-state index contributed by atoms with van der Waals surface area (Å²) in [6.07, 6.45) is 10.9. The number of carbonyl (C=O) groups excluding carboxylic acids is 1. The second-order valence-corrected chi connectivity index (χ2v) is 7.47. The summed E-state index contributed by atoms with van der Waals surface area (Å²) in [5, 5.41) is 3.45. The number of ether oxygens (including phenoxy) is 1. The lowest BCUT2D eigenvalue weighted by Crippen LogP contribution is -2.47. The van der Waals surface area contributed by atoms with E-state index in [1.807, 2.05) is 6.92 Å². The third kappa shape index (κ3) is 3.19. The number of hydrogen-bond donors (Lipinski definition) is 1. The Labute approximate surface area is 122 Å². The highest BCUT2D eigenvalue weighted by Crippen LogP contribution is 2.61. The first-order valence-corrected chi connectivity index (χ1v) is 8.55. The number of hydrogen-bond acceptors (Lipinski definition) is 3. The van der Waals surface area contributed by atoms with E-state index in [0.29, 0.717) is 18.4 Å². The number of carbonyl (C=O) groups is 1. The maximum atomic E-state index is 11.3. The average molecular weight is 279 g/mol. The molecule has 0 spiro atoms. The standard InChI is InChI=1S/C17H29NO2/c1-2-20-16(19)3-5-18-6-4-17-10-13-7-14(11-17)9-15(8-13)12-17/h13-15,18H,2-12H2,1H3. The van der Waals surface area contributed by atoms with Crippen LogP contribution in [-0.4, -0.2) is 25.7 Å². The fourth-order valence-corrected chi connectivity index (χ4v) is 5.50. The predicted molar refractivity (Wildman–Crippen MR) is 79.3 cm³/mol. The summed E-state index contributed by atoms with van der Waals surface area (Å²) in [5.41, 5.74) is 0.658. The summed E-state index contributed by atoms with van der Waals surface area (Å²) in [7, 11) is 0. The zero-order valence-electron chi connectivity index (χ0n) is 12.8. The van der Waals surface area contributed by atoms with Crippen molar-refractivity contribution in [3.8, 4) is 0 Å². The van der Waals surface area contributed by atoms with Crippen LogP contribution in [0.15, 0.2) is 0 Å². The van der Waals surface area contributed by atoms with Crippen LogP contribution in [0.3, 0.4) is 0 Å². The topological polar surface area (TPSA) is 38.3 Å². The van der Waals surface area contributed by atoms with Gasteiger partial charge in [0.25, 0.3) is 0 Å². The van der Waals surface area contributed by atoms with Gasteiger partial charge >= 0.3 is 5.97 Å². The van der Waals surface area contributed by atoms with Gasteiger partial charge in [-0.2, -0.15) is 0 Å². The Morgan fingerprint density at radius 2 is 1.70 bits per heavy atom. The van der Waals surface area contributed by atoms with Crippen molar-refractivity contribution in [2.75, 3.05) is 19.7 Å². The van der Waals surface area contributed by atoms with Gasteiger partial charge in [-0.1, -0.05) is 0 Å². The molecule has 4 aliphatic rings. The Bertz CT molecular complexity index is 318. The van der Waals surface area contributed by atoms with Gasteiger partial charge in [0, 0.05) is 6.54 Å². The summed E-state index contributed by atoms with van der Waals surface area (Å²) in [4.78, 5) is 11.3. The molecule has 0 aromatic rings. The number of nitrogens with one attached hydrogen (secondary N) is 1. The maximum Gasteiger partial charge on any atom is 0.307 e. The molecule has 0 aliphatic heterocycles. The van der Waals surface area contributed by atoms with Crippen molar-refractivity contribution in [2.45, 2.75) is 58.3 Å². The van der Waals surface area contributed by atoms with Gasteiger partial charge in [0.05, 0.1) is 13.0 Å². The van der Waals surface area contributed by atoms with Crippen molar-refractivity contribution < 1.29 is 9.53 Å². The van der Waals surface area contributed by atoms with Crippen LogP contribution < -0.4 is 5.32 Å². The lowest BCUT2D eigenvalue weighted by molar-refractivity contribution is -0.142. The van der Waals surface area contributed by atoms with Crippen molar-refractivity contribution in [2.24, 2.45) is 23.2 Å². The van der Waals surface area contributed by atoms with Gasteiger partial charge in [0.2, 0.25) is 0 Å². The molecule has 0 amide bonds. The average Bonchev–Trinajstić information content (AvgIpc) is 2.36. The van der Waals surface area contributed by atoms with Crippen LogP contribution >= 0.6 is 0 Å². The molecule has 4 fully saturated rings. The Balaban J connectivity index is 1.37. The molecule has 4 aliphatic carbocycles. The molecule has 3 heteroatoms. The second kappa shape index (κ2) is 6.05. The summed E-state index contributed by atoms with van der Waals surface area (Å²) in [6, 6.07) is 0. The van der Waals surface area contributed by atoms with Crippen LogP contribution in [0, 0.1) is 23.2 Å². The molecule has 114 valence electrons. The monoisotopic (exact) mass is 279 g/mol. The number of rotatable bonds is 7. The highest BCUT2D eigenvalue weighted by atomic mass is 16.5. The largest absolute Gasteiger partial charge is 0.466 e.